The summed E-state index contributed by atoms with van der Waals surface area (Å²) in [6.45, 7) is 3.43. The Morgan fingerprint density at radius 3 is 2.75 bits per heavy atom. The van der Waals surface area contributed by atoms with E-state index in [0.717, 1.165) is 41.3 Å². The Morgan fingerprint density at radius 2 is 2.08 bits per heavy atom. The monoisotopic (exact) mass is 336 g/mol. The molecule has 7 heteroatoms. The summed E-state index contributed by atoms with van der Waals surface area (Å²) in [7, 11) is 3.27. The van der Waals surface area contributed by atoms with E-state index >= 15 is 0 Å². The number of quaternary nitrogens is 1. The number of nitrogens with one attached hydrogen (secondary N) is 3. The van der Waals surface area contributed by atoms with Crippen molar-refractivity contribution in [3.8, 4) is 11.5 Å². The second kappa shape index (κ2) is 8.54. The predicted molar refractivity (Wildman–Crippen MR) is 89.4 cm³/mol. The molecule has 0 saturated carbocycles. The van der Waals surface area contributed by atoms with Gasteiger partial charge in [-0.05, 0) is 25.1 Å². The molecule has 2 rings (SSSR count). The van der Waals surface area contributed by atoms with Crippen LogP contribution in [0.2, 0.25) is 0 Å². The third kappa shape index (κ3) is 4.38. The molecule has 3 N–H and O–H groups in total. The molecule has 1 fully saturated rings. The van der Waals surface area contributed by atoms with Gasteiger partial charge in [0.15, 0.2) is 6.54 Å². The molecule has 0 bridgehead atoms. The fourth-order valence-electron chi connectivity index (χ4n) is 3.19. The number of hydrogen-bond donors (Lipinski definition) is 3. The molecule has 0 spiro atoms. The van der Waals surface area contributed by atoms with Crippen LogP contribution in [0.15, 0.2) is 18.2 Å². The van der Waals surface area contributed by atoms with E-state index in [0.29, 0.717) is 6.54 Å². The van der Waals surface area contributed by atoms with Gasteiger partial charge in [-0.15, -0.1) is 0 Å². The SMILES string of the molecule is CCNC(=O)NC(=O)C[NH+]1CCC[C@H]1c1cc(OC)ccc1OC. The maximum Gasteiger partial charge on any atom is 0.321 e. The van der Waals surface area contributed by atoms with E-state index in [-0.39, 0.29) is 18.5 Å². The van der Waals surface area contributed by atoms with Crippen LogP contribution < -0.4 is 25.0 Å². The maximum absolute atomic E-state index is 12.1. The lowest BCUT2D eigenvalue weighted by Gasteiger charge is -2.23. The summed E-state index contributed by atoms with van der Waals surface area (Å²) < 4.78 is 10.8. The van der Waals surface area contributed by atoms with Crippen LogP contribution in [-0.4, -0.2) is 45.8 Å². The number of rotatable bonds is 6. The number of amides is 3. The lowest BCUT2D eigenvalue weighted by Crippen LogP contribution is -3.11. The van der Waals surface area contributed by atoms with Crippen LogP contribution >= 0.6 is 0 Å². The highest BCUT2D eigenvalue weighted by molar-refractivity contribution is 5.94. The van der Waals surface area contributed by atoms with Gasteiger partial charge in [0.1, 0.15) is 17.5 Å². The molecule has 0 aromatic heterocycles. The van der Waals surface area contributed by atoms with Gasteiger partial charge >= 0.3 is 6.03 Å². The minimum Gasteiger partial charge on any atom is -0.497 e. The summed E-state index contributed by atoms with van der Waals surface area (Å²) in [5, 5.41) is 4.93. The molecular weight excluding hydrogens is 310 g/mol. The summed E-state index contributed by atoms with van der Waals surface area (Å²) in [6, 6.07) is 5.42. The van der Waals surface area contributed by atoms with E-state index in [9.17, 15) is 9.59 Å². The van der Waals surface area contributed by atoms with Crippen molar-refractivity contribution in [2.75, 3.05) is 33.9 Å². The van der Waals surface area contributed by atoms with Crippen LogP contribution in [0.5, 0.6) is 11.5 Å². The summed E-state index contributed by atoms with van der Waals surface area (Å²) in [4.78, 5) is 24.7. The van der Waals surface area contributed by atoms with Gasteiger partial charge in [0, 0.05) is 19.4 Å². The zero-order chi connectivity index (χ0) is 17.5. The Kier molecular flexibility index (Phi) is 6.43. The smallest absolute Gasteiger partial charge is 0.321 e. The fraction of sp³-hybridized carbons (Fsp3) is 0.529. The van der Waals surface area contributed by atoms with E-state index in [1.165, 1.54) is 0 Å². The Hall–Kier alpha value is -2.28. The zero-order valence-corrected chi connectivity index (χ0v) is 14.5. The van der Waals surface area contributed by atoms with Gasteiger partial charge in [-0.2, -0.15) is 0 Å². The Labute approximate surface area is 142 Å². The van der Waals surface area contributed by atoms with Crippen molar-refractivity contribution in [3.05, 3.63) is 23.8 Å². The van der Waals surface area contributed by atoms with Crippen molar-refractivity contribution in [2.24, 2.45) is 0 Å². The average molecular weight is 336 g/mol. The van der Waals surface area contributed by atoms with Gasteiger partial charge in [0.2, 0.25) is 0 Å². The number of likely N-dealkylation sites (tertiary alicyclic amines) is 1. The van der Waals surface area contributed by atoms with Crippen molar-refractivity contribution in [3.63, 3.8) is 0 Å². The van der Waals surface area contributed by atoms with Gasteiger partial charge in [-0.25, -0.2) is 4.79 Å². The van der Waals surface area contributed by atoms with Gasteiger partial charge < -0.3 is 19.7 Å². The topological polar surface area (TPSA) is 81.1 Å². The van der Waals surface area contributed by atoms with Crippen LogP contribution in [0.25, 0.3) is 0 Å². The number of imide groups is 1. The zero-order valence-electron chi connectivity index (χ0n) is 14.5. The molecule has 1 aliphatic rings. The van der Waals surface area contributed by atoms with Crippen LogP contribution in [-0.2, 0) is 4.79 Å². The van der Waals surface area contributed by atoms with Crippen molar-refractivity contribution < 1.29 is 24.0 Å². The summed E-state index contributed by atoms with van der Waals surface area (Å²) >= 11 is 0. The van der Waals surface area contributed by atoms with Gasteiger partial charge in [0.05, 0.1) is 26.3 Å². The second-order valence-corrected chi connectivity index (χ2v) is 5.80. The number of hydrogen-bond acceptors (Lipinski definition) is 4. The normalized spacial score (nSPS) is 19.6. The van der Waals surface area contributed by atoms with Crippen LogP contribution in [0, 0.1) is 0 Å². The Bertz CT molecular complexity index is 591. The summed E-state index contributed by atoms with van der Waals surface area (Å²) in [5.74, 6) is 1.29. The second-order valence-electron chi connectivity index (χ2n) is 5.80. The molecule has 1 aromatic carbocycles. The Morgan fingerprint density at radius 1 is 1.29 bits per heavy atom. The Balaban J connectivity index is 2.10. The van der Waals surface area contributed by atoms with Crippen LogP contribution in [0.4, 0.5) is 4.79 Å². The molecule has 0 aliphatic carbocycles. The van der Waals surface area contributed by atoms with Gasteiger partial charge in [-0.1, -0.05) is 0 Å². The predicted octanol–water partition coefficient (Wildman–Crippen LogP) is 0.269. The van der Waals surface area contributed by atoms with Crippen molar-refractivity contribution >= 4 is 11.9 Å². The first-order chi connectivity index (χ1) is 11.6. The molecule has 1 aromatic rings. The molecular formula is C17H26N3O4+. The molecule has 1 saturated heterocycles. The molecule has 3 amide bonds. The van der Waals surface area contributed by atoms with E-state index < -0.39 is 6.03 Å². The van der Waals surface area contributed by atoms with E-state index in [4.69, 9.17) is 9.47 Å². The molecule has 1 heterocycles. The molecule has 2 atom stereocenters. The highest BCUT2D eigenvalue weighted by Crippen LogP contribution is 2.31. The quantitative estimate of drug-likeness (QED) is 0.697. The number of methoxy groups -OCH3 is 2. The molecule has 7 nitrogen and oxygen atoms in total. The molecule has 0 radical (unpaired) electrons. The minimum absolute atomic E-state index is 0.148. The number of carbonyl (C=O) groups is 2. The number of carbonyl (C=O) groups excluding carboxylic acids is 2. The maximum atomic E-state index is 12.1. The first-order valence-corrected chi connectivity index (χ1v) is 8.23. The average Bonchev–Trinajstić information content (AvgIpc) is 3.02. The number of ether oxygens (including phenoxy) is 2. The molecule has 132 valence electrons. The lowest BCUT2D eigenvalue weighted by atomic mass is 10.0. The third-order valence-corrected chi connectivity index (χ3v) is 4.27. The van der Waals surface area contributed by atoms with E-state index in [1.54, 1.807) is 21.1 Å². The van der Waals surface area contributed by atoms with Crippen molar-refractivity contribution in [1.29, 1.82) is 0 Å². The van der Waals surface area contributed by atoms with Crippen molar-refractivity contribution in [1.82, 2.24) is 10.6 Å². The first-order valence-electron chi connectivity index (χ1n) is 8.23. The lowest BCUT2D eigenvalue weighted by molar-refractivity contribution is -0.910. The highest BCUT2D eigenvalue weighted by atomic mass is 16.5. The third-order valence-electron chi connectivity index (χ3n) is 4.27. The highest BCUT2D eigenvalue weighted by Gasteiger charge is 2.34. The summed E-state index contributed by atoms with van der Waals surface area (Å²) in [5.41, 5.74) is 1.04. The first kappa shape index (κ1) is 18.1. The minimum atomic E-state index is -0.448. The molecule has 1 unspecified atom stereocenters. The van der Waals surface area contributed by atoms with Crippen molar-refractivity contribution in [2.45, 2.75) is 25.8 Å². The standard InChI is InChI=1S/C17H25N3O4/c1-4-18-17(22)19-16(21)11-20-9-5-6-14(20)13-10-12(23-2)7-8-15(13)24-3/h7-8,10,14H,4-6,9,11H2,1-3H3,(H2,18,19,21,22)/p+1/t14-/m0/s1. The fourth-order valence-corrected chi connectivity index (χ4v) is 3.19. The molecule has 1 aliphatic heterocycles. The van der Waals surface area contributed by atoms with E-state index in [1.807, 2.05) is 18.2 Å². The molecule has 24 heavy (non-hydrogen) atoms. The van der Waals surface area contributed by atoms with E-state index in [2.05, 4.69) is 10.6 Å². The van der Waals surface area contributed by atoms with Gasteiger partial charge in [0.25, 0.3) is 5.91 Å². The van der Waals surface area contributed by atoms with Crippen LogP contribution in [0.3, 0.4) is 0 Å². The largest absolute Gasteiger partial charge is 0.497 e. The number of benzene rings is 1. The summed E-state index contributed by atoms with van der Waals surface area (Å²) in [6.07, 6.45) is 1.99. The van der Waals surface area contributed by atoms with Gasteiger partial charge in [-0.3, -0.25) is 10.1 Å². The van der Waals surface area contributed by atoms with Crippen LogP contribution in [0.1, 0.15) is 31.4 Å². The number of urea groups is 1.